The second-order valence-corrected chi connectivity index (χ2v) is 5.42. The molecule has 1 aliphatic rings. The first kappa shape index (κ1) is 14.5. The molecule has 1 rings (SSSR count). The third-order valence-electron chi connectivity index (χ3n) is 4.23. The van der Waals surface area contributed by atoms with E-state index in [-0.39, 0.29) is 5.92 Å². The van der Waals surface area contributed by atoms with Gasteiger partial charge in [-0.05, 0) is 38.5 Å². The first-order valence-electron chi connectivity index (χ1n) is 6.40. The Balaban J connectivity index is 2.92. The predicted octanol–water partition coefficient (Wildman–Crippen LogP) is 2.05. The molecule has 4 nitrogen and oxygen atoms in total. The molecule has 5 atom stereocenters. The van der Waals surface area contributed by atoms with Crippen LogP contribution >= 0.6 is 0 Å². The molecule has 4 heteroatoms. The lowest BCUT2D eigenvalue weighted by Gasteiger charge is -2.44. The van der Waals surface area contributed by atoms with Crippen molar-refractivity contribution in [3.8, 4) is 0 Å². The van der Waals surface area contributed by atoms with E-state index < -0.39 is 23.8 Å². The summed E-state index contributed by atoms with van der Waals surface area (Å²) in [4.78, 5) is 11.6. The van der Waals surface area contributed by atoms with Crippen molar-refractivity contribution in [3.05, 3.63) is 0 Å². The fourth-order valence-electron chi connectivity index (χ4n) is 2.57. The largest absolute Gasteiger partial charge is 0.479 e. The summed E-state index contributed by atoms with van der Waals surface area (Å²) in [6.07, 6.45) is 1.33. The highest BCUT2D eigenvalue weighted by Gasteiger charge is 2.50. The van der Waals surface area contributed by atoms with Gasteiger partial charge in [-0.1, -0.05) is 20.3 Å². The highest BCUT2D eigenvalue weighted by Crippen LogP contribution is 2.41. The number of aliphatic carboxylic acids is 1. The van der Waals surface area contributed by atoms with Crippen molar-refractivity contribution in [2.45, 2.75) is 64.8 Å². The van der Waals surface area contributed by atoms with Gasteiger partial charge in [0, 0.05) is 0 Å². The molecule has 0 spiro atoms. The maximum absolute atomic E-state index is 11.6. The highest BCUT2D eigenvalue weighted by molar-refractivity contribution is 5.78. The van der Waals surface area contributed by atoms with Crippen molar-refractivity contribution in [1.82, 2.24) is 0 Å². The van der Waals surface area contributed by atoms with Gasteiger partial charge in [0.15, 0.2) is 5.60 Å². The highest BCUT2D eigenvalue weighted by atomic mass is 16.5. The van der Waals surface area contributed by atoms with E-state index in [9.17, 15) is 15.0 Å². The fraction of sp³-hybridized carbons (Fsp3) is 0.923. The van der Waals surface area contributed by atoms with Crippen LogP contribution < -0.4 is 0 Å². The Bertz CT molecular complexity index is 277. The quantitative estimate of drug-likeness (QED) is 0.794. The smallest absolute Gasteiger partial charge is 0.336 e. The first-order chi connectivity index (χ1) is 7.81. The monoisotopic (exact) mass is 244 g/mol. The minimum atomic E-state index is -1.13. The van der Waals surface area contributed by atoms with Crippen molar-refractivity contribution in [3.63, 3.8) is 0 Å². The second-order valence-electron chi connectivity index (χ2n) is 5.42. The third kappa shape index (κ3) is 2.80. The van der Waals surface area contributed by atoms with E-state index in [0.717, 1.165) is 12.8 Å². The molecule has 0 heterocycles. The van der Waals surface area contributed by atoms with Gasteiger partial charge in [0.05, 0.1) is 12.2 Å². The van der Waals surface area contributed by atoms with Gasteiger partial charge in [0.25, 0.3) is 0 Å². The zero-order valence-corrected chi connectivity index (χ0v) is 11.1. The Morgan fingerprint density at radius 3 is 2.47 bits per heavy atom. The van der Waals surface area contributed by atoms with Gasteiger partial charge in [-0.15, -0.1) is 0 Å². The predicted molar refractivity (Wildman–Crippen MR) is 64.8 cm³/mol. The van der Waals surface area contributed by atoms with E-state index in [4.69, 9.17) is 4.74 Å². The molecule has 0 aromatic carbocycles. The molecule has 1 saturated carbocycles. The van der Waals surface area contributed by atoms with Gasteiger partial charge in [-0.3, -0.25) is 0 Å². The molecule has 1 fully saturated rings. The molecule has 0 aromatic heterocycles. The van der Waals surface area contributed by atoms with Crippen molar-refractivity contribution < 1.29 is 19.7 Å². The molecule has 1 aliphatic carbocycles. The van der Waals surface area contributed by atoms with Gasteiger partial charge in [0.1, 0.15) is 0 Å². The Morgan fingerprint density at radius 1 is 1.41 bits per heavy atom. The van der Waals surface area contributed by atoms with Crippen molar-refractivity contribution >= 4 is 5.97 Å². The molecule has 17 heavy (non-hydrogen) atoms. The SMILES string of the molecule is CC(O)C(C)OC1(C(=O)O)CCCC(C)C1C. The lowest BCUT2D eigenvalue weighted by Crippen LogP contribution is -2.54. The van der Waals surface area contributed by atoms with Crippen LogP contribution in [0, 0.1) is 11.8 Å². The Labute approximate surface area is 103 Å². The number of carboxylic acid groups (broad SMARTS) is 1. The van der Waals surface area contributed by atoms with Gasteiger partial charge < -0.3 is 14.9 Å². The minimum Gasteiger partial charge on any atom is -0.479 e. The number of carbonyl (C=O) groups is 1. The van der Waals surface area contributed by atoms with Gasteiger partial charge in [-0.25, -0.2) is 4.79 Å². The number of rotatable bonds is 4. The fourth-order valence-corrected chi connectivity index (χ4v) is 2.57. The van der Waals surface area contributed by atoms with E-state index in [1.54, 1.807) is 13.8 Å². The molecule has 0 saturated heterocycles. The van der Waals surface area contributed by atoms with Gasteiger partial charge >= 0.3 is 5.97 Å². The van der Waals surface area contributed by atoms with Crippen LogP contribution in [0.25, 0.3) is 0 Å². The molecule has 100 valence electrons. The first-order valence-corrected chi connectivity index (χ1v) is 6.40. The van der Waals surface area contributed by atoms with E-state index in [2.05, 4.69) is 6.92 Å². The summed E-state index contributed by atoms with van der Waals surface area (Å²) < 4.78 is 5.73. The van der Waals surface area contributed by atoms with Crippen LogP contribution in [0.15, 0.2) is 0 Å². The van der Waals surface area contributed by atoms with Gasteiger partial charge in [-0.2, -0.15) is 0 Å². The van der Waals surface area contributed by atoms with Crippen LogP contribution in [0.3, 0.4) is 0 Å². The maximum atomic E-state index is 11.6. The Hall–Kier alpha value is -0.610. The third-order valence-corrected chi connectivity index (χ3v) is 4.23. The zero-order chi connectivity index (χ0) is 13.2. The van der Waals surface area contributed by atoms with Crippen LogP contribution in [-0.2, 0) is 9.53 Å². The zero-order valence-electron chi connectivity index (χ0n) is 11.1. The van der Waals surface area contributed by atoms with Gasteiger partial charge in [0.2, 0.25) is 0 Å². The van der Waals surface area contributed by atoms with Crippen LogP contribution in [-0.4, -0.2) is 34.0 Å². The molecule has 0 aromatic rings. The lowest BCUT2D eigenvalue weighted by atomic mass is 9.70. The molecular formula is C13H24O4. The lowest BCUT2D eigenvalue weighted by molar-refractivity contribution is -0.202. The summed E-state index contributed by atoms with van der Waals surface area (Å²) in [5, 5.41) is 19.0. The van der Waals surface area contributed by atoms with E-state index >= 15 is 0 Å². The molecular weight excluding hydrogens is 220 g/mol. The van der Waals surface area contributed by atoms with E-state index in [0.29, 0.717) is 12.3 Å². The van der Waals surface area contributed by atoms with E-state index in [1.807, 2.05) is 6.92 Å². The van der Waals surface area contributed by atoms with Crippen molar-refractivity contribution in [2.24, 2.45) is 11.8 Å². The van der Waals surface area contributed by atoms with Crippen LogP contribution in [0.4, 0.5) is 0 Å². The summed E-state index contributed by atoms with van der Waals surface area (Å²) in [5.74, 6) is -0.597. The Morgan fingerprint density at radius 2 is 2.00 bits per heavy atom. The number of aliphatic hydroxyl groups is 1. The topological polar surface area (TPSA) is 66.8 Å². The van der Waals surface area contributed by atoms with Crippen molar-refractivity contribution in [1.29, 1.82) is 0 Å². The number of carboxylic acids is 1. The molecule has 0 bridgehead atoms. The van der Waals surface area contributed by atoms with E-state index in [1.165, 1.54) is 0 Å². The number of hydrogen-bond acceptors (Lipinski definition) is 3. The second kappa shape index (κ2) is 5.36. The van der Waals surface area contributed by atoms with Crippen LogP contribution in [0.2, 0.25) is 0 Å². The minimum absolute atomic E-state index is 0.0325. The molecule has 5 unspecified atom stereocenters. The molecule has 0 aliphatic heterocycles. The molecule has 0 amide bonds. The Kier molecular flexibility index (Phi) is 4.55. The summed E-state index contributed by atoms with van der Waals surface area (Å²) in [6.45, 7) is 7.35. The normalized spacial score (nSPS) is 37.5. The summed E-state index contributed by atoms with van der Waals surface area (Å²) >= 11 is 0. The van der Waals surface area contributed by atoms with Crippen LogP contribution in [0.5, 0.6) is 0 Å². The number of ether oxygens (including phenoxy) is 1. The standard InChI is InChI=1S/C13H24O4/c1-8-6-5-7-13(9(8)2,12(15)16)17-11(4)10(3)14/h8-11,14H,5-7H2,1-4H3,(H,15,16). The molecule has 0 radical (unpaired) electrons. The van der Waals surface area contributed by atoms with Crippen molar-refractivity contribution in [2.75, 3.05) is 0 Å². The summed E-state index contributed by atoms with van der Waals surface area (Å²) in [6, 6.07) is 0. The number of aliphatic hydroxyl groups excluding tert-OH is 1. The maximum Gasteiger partial charge on any atom is 0.336 e. The molecule has 2 N–H and O–H groups in total. The van der Waals surface area contributed by atoms with Crippen LogP contribution in [0.1, 0.15) is 47.0 Å². The summed E-state index contributed by atoms with van der Waals surface area (Å²) in [7, 11) is 0. The average molecular weight is 244 g/mol. The number of hydrogen-bond donors (Lipinski definition) is 2. The average Bonchev–Trinajstić information content (AvgIpc) is 2.24. The summed E-state index contributed by atoms with van der Waals surface area (Å²) in [5.41, 5.74) is -1.13.